The summed E-state index contributed by atoms with van der Waals surface area (Å²) in [5, 5.41) is 5.09. The summed E-state index contributed by atoms with van der Waals surface area (Å²) in [4.78, 5) is 12.4. The van der Waals surface area contributed by atoms with E-state index in [0.717, 1.165) is 25.7 Å². The summed E-state index contributed by atoms with van der Waals surface area (Å²) in [5.74, 6) is -0.0626. The van der Waals surface area contributed by atoms with Crippen molar-refractivity contribution in [2.45, 2.75) is 74.5 Å². The number of rotatable bonds is 10. The van der Waals surface area contributed by atoms with Gasteiger partial charge in [-0.15, -0.1) is 13.2 Å². The number of methoxy groups -OCH3 is 1. The van der Waals surface area contributed by atoms with Gasteiger partial charge in [-0.1, -0.05) is 41.6 Å². The van der Waals surface area contributed by atoms with Crippen molar-refractivity contribution < 1.29 is 45.1 Å². The number of esters is 1. The van der Waals surface area contributed by atoms with Crippen LogP contribution in [0.1, 0.15) is 66.1 Å². The van der Waals surface area contributed by atoms with Gasteiger partial charge in [0.25, 0.3) is 0 Å². The maximum absolute atomic E-state index is 13.8. The molecule has 3 fully saturated rings. The lowest BCUT2D eigenvalue weighted by atomic mass is 9.83. The first-order valence-corrected chi connectivity index (χ1v) is 17.1. The zero-order valence-electron chi connectivity index (χ0n) is 25.5. The van der Waals surface area contributed by atoms with Gasteiger partial charge >= 0.3 is 12.3 Å². The van der Waals surface area contributed by atoms with Crippen molar-refractivity contribution in [2.24, 2.45) is 11.8 Å². The smallest absolute Gasteiger partial charge is 0.465 e. The van der Waals surface area contributed by atoms with Crippen LogP contribution in [0, 0.1) is 11.8 Å². The summed E-state index contributed by atoms with van der Waals surface area (Å²) in [6.45, 7) is 0.101. The molecule has 1 aromatic heterocycles. The van der Waals surface area contributed by atoms with E-state index < -0.39 is 22.4 Å². The Morgan fingerprint density at radius 3 is 2.32 bits per heavy atom. The van der Waals surface area contributed by atoms with Gasteiger partial charge in [0.15, 0.2) is 0 Å². The first-order valence-electron chi connectivity index (χ1n) is 15.6. The molecule has 3 aliphatic rings. The second kappa shape index (κ2) is 12.3. The molecule has 3 aliphatic carbocycles. The third-order valence-corrected chi connectivity index (χ3v) is 11.0. The van der Waals surface area contributed by atoms with Crippen molar-refractivity contribution in [2.75, 3.05) is 7.11 Å². The Bertz CT molecular complexity index is 1910. The minimum Gasteiger partial charge on any atom is -0.465 e. The van der Waals surface area contributed by atoms with E-state index in [1.165, 1.54) is 37.4 Å². The van der Waals surface area contributed by atoms with Crippen LogP contribution in [0.3, 0.4) is 0 Å². The molecule has 9 nitrogen and oxygen atoms in total. The molecular weight excluding hydrogens is 637 g/mol. The topological polar surface area (TPSA) is 117 Å². The third kappa shape index (κ3) is 6.35. The Labute approximate surface area is 269 Å². The molecule has 0 saturated heterocycles. The summed E-state index contributed by atoms with van der Waals surface area (Å²) in [7, 11) is -2.66. The number of hydrogen-bond acceptors (Lipinski definition) is 8. The molecule has 4 aromatic rings. The van der Waals surface area contributed by atoms with Crippen LogP contribution in [0.15, 0.2) is 70.1 Å². The fourth-order valence-electron chi connectivity index (χ4n) is 7.25. The van der Waals surface area contributed by atoms with Crippen molar-refractivity contribution >= 4 is 26.8 Å². The Morgan fingerprint density at radius 1 is 0.957 bits per heavy atom. The highest BCUT2D eigenvalue weighted by molar-refractivity contribution is 7.89. The number of alkyl halides is 3. The number of carbonyl (C=O) groups is 1. The van der Waals surface area contributed by atoms with Gasteiger partial charge in [0.2, 0.25) is 10.0 Å². The van der Waals surface area contributed by atoms with Crippen molar-refractivity contribution in [3.63, 3.8) is 0 Å². The van der Waals surface area contributed by atoms with Gasteiger partial charge in [0.1, 0.15) is 17.2 Å². The Kier molecular flexibility index (Phi) is 8.25. The van der Waals surface area contributed by atoms with Gasteiger partial charge in [-0.2, -0.15) is 0 Å². The molecule has 2 atom stereocenters. The maximum Gasteiger partial charge on any atom is 0.573 e. The molecule has 3 saturated carbocycles. The van der Waals surface area contributed by atoms with E-state index >= 15 is 0 Å². The number of fused-ring (bicyclic) bond motifs is 3. The number of nitrogens with zero attached hydrogens (tertiary/aromatic N) is 1. The molecule has 13 heteroatoms. The first kappa shape index (κ1) is 31.6. The Morgan fingerprint density at radius 2 is 1.64 bits per heavy atom. The van der Waals surface area contributed by atoms with Crippen LogP contribution in [-0.4, -0.2) is 45.2 Å². The van der Waals surface area contributed by atoms with Gasteiger partial charge in [0, 0.05) is 28.5 Å². The lowest BCUT2D eigenvalue weighted by Gasteiger charge is -2.35. The number of hydrogen-bond donors (Lipinski definition) is 1. The quantitative estimate of drug-likeness (QED) is 0.178. The van der Waals surface area contributed by atoms with E-state index in [9.17, 15) is 26.4 Å². The van der Waals surface area contributed by atoms with Crippen LogP contribution in [0.25, 0.3) is 22.0 Å². The normalized spacial score (nSPS) is 22.8. The lowest BCUT2D eigenvalue weighted by Crippen LogP contribution is -2.46. The first-order chi connectivity index (χ1) is 22.5. The predicted octanol–water partition coefficient (Wildman–Crippen LogP) is 7.11. The zero-order chi connectivity index (χ0) is 32.9. The van der Waals surface area contributed by atoms with E-state index in [-0.39, 0.29) is 64.0 Å². The minimum atomic E-state index is -4.87. The maximum atomic E-state index is 13.8. The van der Waals surface area contributed by atoms with Crippen molar-refractivity contribution in [1.29, 1.82) is 0 Å². The van der Waals surface area contributed by atoms with Gasteiger partial charge in [0.05, 0.1) is 30.3 Å². The second-order valence-electron chi connectivity index (χ2n) is 12.5. The van der Waals surface area contributed by atoms with Crippen LogP contribution in [0.2, 0.25) is 0 Å². The van der Waals surface area contributed by atoms with Crippen molar-refractivity contribution in [3.8, 4) is 17.0 Å². The number of nitrogens with one attached hydrogen (secondary N) is 1. The molecule has 0 amide bonds. The molecule has 0 radical (unpaired) electrons. The number of benzene rings is 3. The Hall–Kier alpha value is -3.94. The number of sulfonamides is 1. The molecular formula is C34H33F3N2O7S. The van der Waals surface area contributed by atoms with Gasteiger partial charge in [-0.05, 0) is 80.0 Å². The molecule has 2 bridgehead atoms. The van der Waals surface area contributed by atoms with E-state index in [1.807, 2.05) is 0 Å². The highest BCUT2D eigenvalue weighted by atomic mass is 32.2. The van der Waals surface area contributed by atoms with E-state index in [1.54, 1.807) is 30.3 Å². The van der Waals surface area contributed by atoms with Crippen molar-refractivity contribution in [3.05, 3.63) is 77.6 Å². The van der Waals surface area contributed by atoms with Crippen LogP contribution in [0.5, 0.6) is 5.75 Å². The van der Waals surface area contributed by atoms with Gasteiger partial charge in [-0.3, -0.25) is 0 Å². The average Bonchev–Trinajstić information content (AvgIpc) is 3.76. The largest absolute Gasteiger partial charge is 0.573 e. The SMILES string of the molecule is COC(=O)c1ccc(S(=O)(=O)NC2C3CCC2CC(OCc2c(-c4ccccc4OC(F)(F)F)noc2C2CC2)C3)c2ccccc12. The van der Waals surface area contributed by atoms with Crippen LogP contribution >= 0.6 is 0 Å². The summed E-state index contributed by atoms with van der Waals surface area (Å²) >= 11 is 0. The highest BCUT2D eigenvalue weighted by Crippen LogP contribution is 2.47. The van der Waals surface area contributed by atoms with Crippen molar-refractivity contribution in [1.82, 2.24) is 9.88 Å². The summed E-state index contributed by atoms with van der Waals surface area (Å²) in [6.07, 6.45) is -0.310. The third-order valence-electron chi connectivity index (χ3n) is 9.52. The Balaban J connectivity index is 1.08. The predicted molar refractivity (Wildman–Crippen MR) is 164 cm³/mol. The fourth-order valence-corrected chi connectivity index (χ4v) is 8.84. The minimum absolute atomic E-state index is 0.0416. The van der Waals surface area contributed by atoms with Crippen LogP contribution in [0.4, 0.5) is 13.2 Å². The van der Waals surface area contributed by atoms with Crippen LogP contribution in [-0.2, 0) is 26.1 Å². The molecule has 1 heterocycles. The molecule has 0 aliphatic heterocycles. The summed E-state index contributed by atoms with van der Waals surface area (Å²) < 4.78 is 91.3. The zero-order valence-corrected chi connectivity index (χ0v) is 26.3. The van der Waals surface area contributed by atoms with Gasteiger partial charge < -0.3 is 18.7 Å². The molecule has 1 N–H and O–H groups in total. The second-order valence-corrected chi connectivity index (χ2v) is 14.2. The van der Waals surface area contributed by atoms with Gasteiger partial charge in [-0.25, -0.2) is 17.9 Å². The molecule has 47 heavy (non-hydrogen) atoms. The number of aromatic nitrogens is 1. The molecule has 3 aromatic carbocycles. The fraction of sp³-hybridized carbons (Fsp3) is 0.412. The molecule has 248 valence electrons. The van der Waals surface area contributed by atoms with Crippen LogP contribution < -0.4 is 9.46 Å². The summed E-state index contributed by atoms with van der Waals surface area (Å²) in [5.41, 5.74) is 1.34. The molecule has 2 unspecified atom stereocenters. The number of ether oxygens (including phenoxy) is 3. The molecule has 0 spiro atoms. The standard InChI is InChI=1S/C34H33F3N2O7S/c1-43-33(40)25-14-15-29(24-7-3-2-6-23(24)25)47(41,42)39-30-20-12-13-21(30)17-22(16-20)44-18-27-31(38-46-32(27)19-10-11-19)26-8-4-5-9-28(26)45-34(35,36)37/h2-9,14-15,19-22,30,39H,10-13,16-18H2,1H3. The van der Waals surface area contributed by atoms with E-state index in [4.69, 9.17) is 14.0 Å². The monoisotopic (exact) mass is 670 g/mol. The average molecular weight is 671 g/mol. The number of para-hydroxylation sites is 1. The molecule has 7 rings (SSSR count). The summed E-state index contributed by atoms with van der Waals surface area (Å²) in [6, 6.07) is 15.3. The lowest BCUT2D eigenvalue weighted by molar-refractivity contribution is -0.274. The highest BCUT2D eigenvalue weighted by Gasteiger charge is 2.45. The van der Waals surface area contributed by atoms with E-state index in [2.05, 4.69) is 14.6 Å². The number of carbonyl (C=O) groups excluding carboxylic acids is 1. The number of halogens is 3. The van der Waals surface area contributed by atoms with E-state index in [0.29, 0.717) is 34.9 Å².